The van der Waals surface area contributed by atoms with Gasteiger partial charge in [0.25, 0.3) is 0 Å². The van der Waals surface area contributed by atoms with Crippen LogP contribution in [-0.2, 0) is 28.9 Å². The molecule has 2 aliphatic rings. The van der Waals surface area contributed by atoms with Crippen molar-refractivity contribution in [3.8, 4) is 0 Å². The first-order valence-electron chi connectivity index (χ1n) is 8.98. The van der Waals surface area contributed by atoms with Crippen molar-refractivity contribution in [3.05, 3.63) is 23.3 Å². The summed E-state index contributed by atoms with van der Waals surface area (Å²) in [5.41, 5.74) is 2.54. The number of ether oxygens (including phenoxy) is 1. The summed E-state index contributed by atoms with van der Waals surface area (Å²) in [5.74, 6) is 2.08. The summed E-state index contributed by atoms with van der Waals surface area (Å²) in [4.78, 5) is 13.9. The Morgan fingerprint density at radius 2 is 2.28 bits per heavy atom. The number of esters is 1. The normalized spacial score (nSPS) is 22.9. The van der Waals surface area contributed by atoms with Crippen LogP contribution in [0.3, 0.4) is 0 Å². The highest BCUT2D eigenvalue weighted by molar-refractivity contribution is 5.73. The molecule has 0 bridgehead atoms. The lowest BCUT2D eigenvalue weighted by Crippen LogP contribution is -2.27. The fraction of sp³-hybridized carbons (Fsp3) is 0.647. The molecule has 1 fully saturated rings. The molecule has 2 aromatic rings. The zero-order valence-corrected chi connectivity index (χ0v) is 14.7. The van der Waals surface area contributed by atoms with Crippen LogP contribution in [-0.4, -0.2) is 51.1 Å². The van der Waals surface area contributed by atoms with Gasteiger partial charge in [0.2, 0.25) is 5.95 Å². The van der Waals surface area contributed by atoms with Crippen LogP contribution in [0.15, 0.2) is 6.20 Å². The van der Waals surface area contributed by atoms with Crippen LogP contribution in [0.25, 0.3) is 0 Å². The van der Waals surface area contributed by atoms with E-state index in [1.165, 1.54) is 18.4 Å². The smallest absolute Gasteiger partial charge is 0.310 e. The number of aryl methyl sites for hydroxylation is 1. The van der Waals surface area contributed by atoms with Crippen molar-refractivity contribution in [1.29, 1.82) is 0 Å². The Balaban J connectivity index is 1.55. The van der Waals surface area contributed by atoms with E-state index in [0.29, 0.717) is 12.5 Å². The third-order valence-corrected chi connectivity index (χ3v) is 5.46. The van der Waals surface area contributed by atoms with E-state index in [-0.39, 0.29) is 11.9 Å². The molecule has 0 saturated carbocycles. The summed E-state index contributed by atoms with van der Waals surface area (Å²) in [6, 6.07) is 0. The minimum atomic E-state index is -0.134. The van der Waals surface area contributed by atoms with Crippen LogP contribution >= 0.6 is 0 Å². The molecule has 134 valence electrons. The maximum Gasteiger partial charge on any atom is 0.310 e. The molecule has 4 rings (SSSR count). The molecule has 2 aromatic heterocycles. The summed E-state index contributed by atoms with van der Waals surface area (Å²) in [5, 5.41) is 16.2. The fourth-order valence-corrected chi connectivity index (χ4v) is 4.08. The molecule has 2 atom stereocenters. The first-order valence-corrected chi connectivity index (χ1v) is 8.98. The van der Waals surface area contributed by atoms with Crippen LogP contribution in [0.5, 0.6) is 0 Å². The van der Waals surface area contributed by atoms with Crippen molar-refractivity contribution < 1.29 is 9.53 Å². The van der Waals surface area contributed by atoms with E-state index in [9.17, 15) is 4.79 Å². The molecule has 1 N–H and O–H groups in total. The first kappa shape index (κ1) is 16.1. The summed E-state index contributed by atoms with van der Waals surface area (Å²) in [7, 11) is 1.45. The van der Waals surface area contributed by atoms with Crippen molar-refractivity contribution in [3.63, 3.8) is 0 Å². The quantitative estimate of drug-likeness (QED) is 0.841. The van der Waals surface area contributed by atoms with E-state index < -0.39 is 0 Å². The topological polar surface area (TPSA) is 88.9 Å². The molecule has 2 unspecified atom stereocenters. The predicted molar refractivity (Wildman–Crippen MR) is 91.4 cm³/mol. The van der Waals surface area contributed by atoms with E-state index in [0.717, 1.165) is 50.5 Å². The highest BCUT2D eigenvalue weighted by Gasteiger charge is 2.33. The summed E-state index contributed by atoms with van der Waals surface area (Å²) < 4.78 is 7.09. The molecule has 0 radical (unpaired) electrons. The lowest BCUT2D eigenvalue weighted by molar-refractivity contribution is -0.144. The first-order chi connectivity index (χ1) is 12.2. The second-order valence-electron chi connectivity index (χ2n) is 6.87. The zero-order valence-electron chi connectivity index (χ0n) is 14.7. The third-order valence-electron chi connectivity index (χ3n) is 5.46. The van der Waals surface area contributed by atoms with Crippen LogP contribution < -0.4 is 4.90 Å². The van der Waals surface area contributed by atoms with Crippen LogP contribution in [0.2, 0.25) is 0 Å². The monoisotopic (exact) mass is 344 g/mol. The maximum atomic E-state index is 11.8. The lowest BCUT2D eigenvalue weighted by Gasteiger charge is -2.23. The highest BCUT2D eigenvalue weighted by Crippen LogP contribution is 2.33. The maximum absolute atomic E-state index is 11.8. The van der Waals surface area contributed by atoms with E-state index in [1.807, 2.05) is 6.20 Å². The summed E-state index contributed by atoms with van der Waals surface area (Å²) >= 11 is 0. The molecule has 25 heavy (non-hydrogen) atoms. The molecular formula is C17H24N6O2. The highest BCUT2D eigenvalue weighted by atomic mass is 16.5. The number of rotatable bonds is 4. The fourth-order valence-electron chi connectivity index (χ4n) is 4.08. The number of fused-ring (bicyclic) bond motifs is 1. The van der Waals surface area contributed by atoms with Gasteiger partial charge < -0.3 is 9.64 Å². The van der Waals surface area contributed by atoms with E-state index in [1.54, 1.807) is 0 Å². The Kier molecular flexibility index (Phi) is 4.19. The molecule has 1 aliphatic carbocycles. The minimum absolute atomic E-state index is 0.0707. The molecule has 8 heteroatoms. The van der Waals surface area contributed by atoms with Crippen molar-refractivity contribution in [2.24, 2.45) is 5.92 Å². The second-order valence-corrected chi connectivity index (χ2v) is 6.87. The number of hydrogen-bond acceptors (Lipinski definition) is 6. The SMILES string of the molecule is CCn1c(C2CCc3[nH]ncc3C2)nnc1N1CCC(C(=O)OC)C1. The number of H-pyrrole nitrogens is 1. The molecule has 1 saturated heterocycles. The average Bonchev–Trinajstić information content (AvgIpc) is 3.37. The molecule has 0 amide bonds. The van der Waals surface area contributed by atoms with Crippen LogP contribution in [0, 0.1) is 5.92 Å². The molecule has 8 nitrogen and oxygen atoms in total. The average molecular weight is 344 g/mol. The van der Waals surface area contributed by atoms with Crippen molar-refractivity contribution in [2.75, 3.05) is 25.1 Å². The van der Waals surface area contributed by atoms with Gasteiger partial charge in [-0.25, -0.2) is 0 Å². The Morgan fingerprint density at radius 3 is 3.08 bits per heavy atom. The van der Waals surface area contributed by atoms with Gasteiger partial charge in [-0.2, -0.15) is 5.10 Å². The predicted octanol–water partition coefficient (Wildman–Crippen LogP) is 1.29. The number of carbonyl (C=O) groups is 1. The number of carbonyl (C=O) groups excluding carboxylic acids is 1. The Hall–Kier alpha value is -2.38. The molecule has 0 aromatic carbocycles. The van der Waals surface area contributed by atoms with Gasteiger partial charge in [0.15, 0.2) is 0 Å². The number of hydrogen-bond donors (Lipinski definition) is 1. The number of aromatic nitrogens is 5. The summed E-state index contributed by atoms with van der Waals surface area (Å²) in [6.07, 6.45) is 5.74. The van der Waals surface area contributed by atoms with Gasteiger partial charge in [-0.3, -0.25) is 14.5 Å². The van der Waals surface area contributed by atoms with Crippen molar-refractivity contribution in [1.82, 2.24) is 25.0 Å². The number of nitrogens with one attached hydrogen (secondary N) is 1. The number of methoxy groups -OCH3 is 1. The van der Waals surface area contributed by atoms with Crippen LogP contribution in [0.1, 0.15) is 42.8 Å². The van der Waals surface area contributed by atoms with Gasteiger partial charge in [-0.1, -0.05) is 0 Å². The molecular weight excluding hydrogens is 320 g/mol. The summed E-state index contributed by atoms with van der Waals surface area (Å²) in [6.45, 7) is 4.41. The number of nitrogens with zero attached hydrogens (tertiary/aromatic N) is 5. The number of anilines is 1. The Labute approximate surface area is 146 Å². The number of aromatic amines is 1. The largest absolute Gasteiger partial charge is 0.469 e. The molecule has 0 spiro atoms. The van der Waals surface area contributed by atoms with Crippen molar-refractivity contribution >= 4 is 11.9 Å². The van der Waals surface area contributed by atoms with Crippen molar-refractivity contribution in [2.45, 2.75) is 45.1 Å². The van der Waals surface area contributed by atoms with E-state index in [2.05, 4.69) is 36.8 Å². The Morgan fingerprint density at radius 1 is 1.40 bits per heavy atom. The van der Waals surface area contributed by atoms with Gasteiger partial charge in [0, 0.05) is 31.2 Å². The van der Waals surface area contributed by atoms with Gasteiger partial charge in [-0.05, 0) is 38.2 Å². The van der Waals surface area contributed by atoms with Gasteiger partial charge in [0.1, 0.15) is 5.82 Å². The van der Waals surface area contributed by atoms with Gasteiger partial charge in [-0.15, -0.1) is 10.2 Å². The van der Waals surface area contributed by atoms with Gasteiger partial charge >= 0.3 is 5.97 Å². The molecule has 1 aliphatic heterocycles. The van der Waals surface area contributed by atoms with E-state index in [4.69, 9.17) is 4.74 Å². The standard InChI is InChI=1S/C17H24N6O2/c1-3-23-15(11-4-5-14-13(8-11)9-18-19-14)20-21-17(23)22-7-6-12(10-22)16(24)25-2/h9,11-12H,3-8,10H2,1-2H3,(H,18,19). The van der Waals surface area contributed by atoms with Gasteiger partial charge in [0.05, 0.1) is 19.2 Å². The Bertz CT molecular complexity index is 767. The van der Waals surface area contributed by atoms with Crippen LogP contribution in [0.4, 0.5) is 5.95 Å². The van der Waals surface area contributed by atoms with E-state index >= 15 is 0 Å². The lowest BCUT2D eigenvalue weighted by atomic mass is 9.87. The molecule has 3 heterocycles. The minimum Gasteiger partial charge on any atom is -0.469 e. The zero-order chi connectivity index (χ0) is 17.4. The third kappa shape index (κ3) is 2.79. The second kappa shape index (κ2) is 6.50.